The van der Waals surface area contributed by atoms with Gasteiger partial charge in [-0.3, -0.25) is 4.79 Å². The minimum Gasteiger partial charge on any atom is -0.497 e. The van der Waals surface area contributed by atoms with Crippen molar-refractivity contribution >= 4 is 11.6 Å². The Morgan fingerprint density at radius 2 is 2.00 bits per heavy atom. The summed E-state index contributed by atoms with van der Waals surface area (Å²) in [6.45, 7) is 3.78. The van der Waals surface area contributed by atoms with Crippen LogP contribution in [0.1, 0.15) is 26.2 Å². The summed E-state index contributed by atoms with van der Waals surface area (Å²) < 4.78 is 10.4. The number of carbonyl (C=O) groups is 1. The van der Waals surface area contributed by atoms with Crippen molar-refractivity contribution in [3.05, 3.63) is 18.2 Å². The van der Waals surface area contributed by atoms with Crippen LogP contribution in [0.25, 0.3) is 0 Å². The third-order valence-electron chi connectivity index (χ3n) is 2.92. The number of carbonyl (C=O) groups excluding carboxylic acids is 1. The third kappa shape index (κ3) is 5.48. The first kappa shape index (κ1) is 16.3. The van der Waals surface area contributed by atoms with Crippen molar-refractivity contribution in [2.75, 3.05) is 32.6 Å². The normalized spacial score (nSPS) is 10.2. The lowest BCUT2D eigenvalue weighted by Crippen LogP contribution is -2.22. The van der Waals surface area contributed by atoms with Crippen molar-refractivity contribution in [2.24, 2.45) is 0 Å². The lowest BCUT2D eigenvalue weighted by molar-refractivity contribution is -0.116. The molecule has 0 aliphatic heterocycles. The summed E-state index contributed by atoms with van der Waals surface area (Å²) in [6, 6.07) is 5.31. The van der Waals surface area contributed by atoms with Crippen LogP contribution in [0.5, 0.6) is 11.5 Å². The van der Waals surface area contributed by atoms with E-state index in [4.69, 9.17) is 9.47 Å². The van der Waals surface area contributed by atoms with Gasteiger partial charge in [-0.1, -0.05) is 13.3 Å². The number of hydrogen-bond donors (Lipinski definition) is 2. The Bertz CT molecular complexity index is 422. The fraction of sp³-hybridized carbons (Fsp3) is 0.533. The maximum atomic E-state index is 11.8. The standard InChI is InChI=1S/C15H24N2O3/c1-4-5-9-16-10-8-15(18)17-13-7-6-12(19-2)11-14(13)20-3/h6-7,11,16H,4-5,8-10H2,1-3H3,(H,17,18). The number of nitrogens with one attached hydrogen (secondary N) is 2. The van der Waals surface area contributed by atoms with Crippen LogP contribution < -0.4 is 20.1 Å². The summed E-state index contributed by atoms with van der Waals surface area (Å²) in [5.74, 6) is 1.26. The van der Waals surface area contributed by atoms with Crippen molar-refractivity contribution in [1.29, 1.82) is 0 Å². The lowest BCUT2D eigenvalue weighted by Gasteiger charge is -2.11. The molecule has 1 amide bonds. The number of ether oxygens (including phenoxy) is 2. The van der Waals surface area contributed by atoms with Crippen LogP contribution >= 0.6 is 0 Å². The van der Waals surface area contributed by atoms with E-state index in [-0.39, 0.29) is 5.91 Å². The van der Waals surface area contributed by atoms with Crippen molar-refractivity contribution in [2.45, 2.75) is 26.2 Å². The van der Waals surface area contributed by atoms with Crippen LogP contribution in [0.15, 0.2) is 18.2 Å². The van der Waals surface area contributed by atoms with Crippen LogP contribution in [0, 0.1) is 0 Å². The first-order valence-electron chi connectivity index (χ1n) is 6.93. The zero-order valence-electron chi connectivity index (χ0n) is 12.5. The number of benzene rings is 1. The smallest absolute Gasteiger partial charge is 0.225 e. The van der Waals surface area contributed by atoms with E-state index in [1.54, 1.807) is 32.4 Å². The highest BCUT2D eigenvalue weighted by atomic mass is 16.5. The fourth-order valence-corrected chi connectivity index (χ4v) is 1.74. The average Bonchev–Trinajstić information content (AvgIpc) is 2.47. The van der Waals surface area contributed by atoms with E-state index in [0.717, 1.165) is 19.4 Å². The highest BCUT2D eigenvalue weighted by Crippen LogP contribution is 2.28. The molecule has 20 heavy (non-hydrogen) atoms. The van der Waals surface area contributed by atoms with E-state index in [0.29, 0.717) is 30.2 Å². The molecule has 0 aromatic heterocycles. The Balaban J connectivity index is 2.45. The zero-order valence-corrected chi connectivity index (χ0v) is 12.5. The molecule has 0 radical (unpaired) electrons. The Morgan fingerprint density at radius 1 is 1.20 bits per heavy atom. The Labute approximate surface area is 120 Å². The highest BCUT2D eigenvalue weighted by Gasteiger charge is 2.08. The first-order valence-corrected chi connectivity index (χ1v) is 6.93. The number of methoxy groups -OCH3 is 2. The molecule has 0 atom stereocenters. The van der Waals surface area contributed by atoms with Gasteiger partial charge in [0, 0.05) is 19.0 Å². The minimum absolute atomic E-state index is 0.0301. The molecule has 0 heterocycles. The topological polar surface area (TPSA) is 59.6 Å². The van der Waals surface area contributed by atoms with Crippen LogP contribution in [0.3, 0.4) is 0 Å². The number of unbranched alkanes of at least 4 members (excludes halogenated alkanes) is 1. The molecular weight excluding hydrogens is 256 g/mol. The summed E-state index contributed by atoms with van der Waals surface area (Å²) in [5.41, 5.74) is 0.659. The second-order valence-corrected chi connectivity index (χ2v) is 4.47. The third-order valence-corrected chi connectivity index (χ3v) is 2.92. The number of rotatable bonds is 9. The maximum absolute atomic E-state index is 11.8. The number of amides is 1. The fourth-order valence-electron chi connectivity index (χ4n) is 1.74. The van der Waals surface area contributed by atoms with Crippen LogP contribution in [-0.2, 0) is 4.79 Å². The molecule has 0 aliphatic rings. The Morgan fingerprint density at radius 3 is 2.65 bits per heavy atom. The second-order valence-electron chi connectivity index (χ2n) is 4.47. The van der Waals surface area contributed by atoms with E-state index in [9.17, 15) is 4.79 Å². The average molecular weight is 280 g/mol. The van der Waals surface area contributed by atoms with Gasteiger partial charge in [0.05, 0.1) is 19.9 Å². The molecule has 0 fully saturated rings. The summed E-state index contributed by atoms with van der Waals surface area (Å²) in [6.07, 6.45) is 2.73. The lowest BCUT2D eigenvalue weighted by atomic mass is 10.2. The van der Waals surface area contributed by atoms with Crippen molar-refractivity contribution in [3.63, 3.8) is 0 Å². The summed E-state index contributed by atoms with van der Waals surface area (Å²) in [5, 5.41) is 6.08. The van der Waals surface area contributed by atoms with Gasteiger partial charge in [0.1, 0.15) is 11.5 Å². The second kappa shape index (κ2) is 9.20. The van der Waals surface area contributed by atoms with Crippen LogP contribution in [-0.4, -0.2) is 33.2 Å². The number of hydrogen-bond acceptors (Lipinski definition) is 4. The van der Waals surface area contributed by atoms with Crippen LogP contribution in [0.4, 0.5) is 5.69 Å². The molecular formula is C15H24N2O3. The molecule has 0 saturated carbocycles. The SMILES string of the molecule is CCCCNCCC(=O)Nc1ccc(OC)cc1OC. The maximum Gasteiger partial charge on any atom is 0.225 e. The van der Waals surface area contributed by atoms with E-state index in [1.165, 1.54) is 0 Å². The Kier molecular flexibility index (Phi) is 7.50. The molecule has 1 rings (SSSR count). The molecule has 1 aromatic rings. The van der Waals surface area contributed by atoms with E-state index < -0.39 is 0 Å². The molecule has 0 spiro atoms. The summed E-state index contributed by atoms with van der Waals surface area (Å²) in [7, 11) is 3.16. The van der Waals surface area contributed by atoms with Gasteiger partial charge in [0.15, 0.2) is 0 Å². The van der Waals surface area contributed by atoms with Crippen molar-refractivity contribution in [3.8, 4) is 11.5 Å². The van der Waals surface area contributed by atoms with Gasteiger partial charge in [-0.15, -0.1) is 0 Å². The van der Waals surface area contributed by atoms with Gasteiger partial charge < -0.3 is 20.1 Å². The van der Waals surface area contributed by atoms with Gasteiger partial charge in [-0.05, 0) is 25.1 Å². The molecule has 5 heteroatoms. The predicted octanol–water partition coefficient (Wildman–Crippen LogP) is 2.42. The van der Waals surface area contributed by atoms with Gasteiger partial charge in [-0.2, -0.15) is 0 Å². The molecule has 0 saturated heterocycles. The quantitative estimate of drug-likeness (QED) is 0.682. The van der Waals surface area contributed by atoms with E-state index in [2.05, 4.69) is 17.6 Å². The molecule has 1 aromatic carbocycles. The largest absolute Gasteiger partial charge is 0.497 e. The minimum atomic E-state index is -0.0301. The summed E-state index contributed by atoms with van der Waals surface area (Å²) in [4.78, 5) is 11.8. The van der Waals surface area contributed by atoms with E-state index >= 15 is 0 Å². The van der Waals surface area contributed by atoms with Gasteiger partial charge in [0.25, 0.3) is 0 Å². The van der Waals surface area contributed by atoms with Gasteiger partial charge >= 0.3 is 0 Å². The molecule has 0 unspecified atom stereocenters. The van der Waals surface area contributed by atoms with Crippen LogP contribution in [0.2, 0.25) is 0 Å². The van der Waals surface area contributed by atoms with Gasteiger partial charge in [0.2, 0.25) is 5.91 Å². The van der Waals surface area contributed by atoms with Crippen molar-refractivity contribution < 1.29 is 14.3 Å². The highest BCUT2D eigenvalue weighted by molar-refractivity contribution is 5.92. The molecule has 0 bridgehead atoms. The zero-order chi connectivity index (χ0) is 14.8. The molecule has 2 N–H and O–H groups in total. The summed E-state index contributed by atoms with van der Waals surface area (Å²) >= 11 is 0. The predicted molar refractivity (Wildman–Crippen MR) is 80.6 cm³/mol. The van der Waals surface area contributed by atoms with Gasteiger partial charge in [-0.25, -0.2) is 0 Å². The molecule has 112 valence electrons. The van der Waals surface area contributed by atoms with Crippen molar-refractivity contribution in [1.82, 2.24) is 5.32 Å². The monoisotopic (exact) mass is 280 g/mol. The Hall–Kier alpha value is -1.75. The molecule has 0 aliphatic carbocycles. The number of anilines is 1. The molecule has 5 nitrogen and oxygen atoms in total. The first-order chi connectivity index (χ1) is 9.71. The van der Waals surface area contributed by atoms with E-state index in [1.807, 2.05) is 0 Å².